The largest absolute Gasteiger partial charge is 0.317 e. The number of pyridine rings is 1. The summed E-state index contributed by atoms with van der Waals surface area (Å²) in [5.41, 5.74) is 2.72. The lowest BCUT2D eigenvalue weighted by Crippen LogP contribution is -2.30. The maximum Gasteiger partial charge on any atom is 0.262 e. The Balaban J connectivity index is 1.41. The Hall–Kier alpha value is -3.46. The van der Waals surface area contributed by atoms with Crippen molar-refractivity contribution in [2.45, 2.75) is 32.7 Å². The lowest BCUT2D eigenvalue weighted by atomic mass is 9.98. The van der Waals surface area contributed by atoms with Crippen LogP contribution in [0.4, 0.5) is 8.78 Å². The number of aromatic nitrogens is 5. The van der Waals surface area contributed by atoms with Crippen LogP contribution in [-0.2, 0) is 13.0 Å². The van der Waals surface area contributed by atoms with Crippen molar-refractivity contribution in [2.24, 2.45) is 5.92 Å². The maximum absolute atomic E-state index is 13.5. The Bertz CT molecular complexity index is 1340. The molecule has 0 amide bonds. The number of H-pyrrole nitrogens is 1. The van der Waals surface area contributed by atoms with Gasteiger partial charge in [0.15, 0.2) is 5.65 Å². The average Bonchev–Trinajstić information content (AvgIpc) is 3.09. The van der Waals surface area contributed by atoms with Gasteiger partial charge in [-0.25, -0.2) is 18.4 Å². The molecule has 4 aromatic rings. The normalized spacial score (nSPS) is 14.8. The van der Waals surface area contributed by atoms with Gasteiger partial charge in [-0.15, -0.1) is 0 Å². The highest BCUT2D eigenvalue weighted by atomic mass is 19.1. The molecule has 1 aromatic carbocycles. The third-order valence-electron chi connectivity index (χ3n) is 6.07. The highest BCUT2D eigenvalue weighted by Crippen LogP contribution is 2.21. The first kappa shape index (κ1) is 21.4. The van der Waals surface area contributed by atoms with Crippen LogP contribution < -0.4 is 10.9 Å². The Morgan fingerprint density at radius 2 is 1.88 bits per heavy atom. The number of hydrogen-bond acceptors (Lipinski definition) is 5. The summed E-state index contributed by atoms with van der Waals surface area (Å²) in [6.45, 7) is 4.55. The number of rotatable bonds is 5. The van der Waals surface area contributed by atoms with Gasteiger partial charge in [0.25, 0.3) is 5.56 Å². The van der Waals surface area contributed by atoms with Crippen LogP contribution in [0.25, 0.3) is 22.3 Å². The first-order chi connectivity index (χ1) is 16.0. The molecule has 0 aliphatic carbocycles. The summed E-state index contributed by atoms with van der Waals surface area (Å²) in [5, 5.41) is 8.48. The molecule has 9 heteroatoms. The Kier molecular flexibility index (Phi) is 5.72. The summed E-state index contributed by atoms with van der Waals surface area (Å²) >= 11 is 0. The third-order valence-corrected chi connectivity index (χ3v) is 6.07. The lowest BCUT2D eigenvalue weighted by molar-refractivity contribution is 0.324. The van der Waals surface area contributed by atoms with Gasteiger partial charge in [0, 0.05) is 30.8 Å². The van der Waals surface area contributed by atoms with Gasteiger partial charge in [0.1, 0.15) is 22.8 Å². The van der Waals surface area contributed by atoms with Crippen molar-refractivity contribution in [3.63, 3.8) is 0 Å². The smallest absolute Gasteiger partial charge is 0.262 e. The van der Waals surface area contributed by atoms with Crippen LogP contribution in [0.5, 0.6) is 0 Å². The summed E-state index contributed by atoms with van der Waals surface area (Å²) < 4.78 is 28.9. The molecule has 0 radical (unpaired) electrons. The van der Waals surface area contributed by atoms with E-state index >= 15 is 0 Å². The van der Waals surface area contributed by atoms with E-state index in [0.717, 1.165) is 44.1 Å². The van der Waals surface area contributed by atoms with Crippen molar-refractivity contribution >= 4 is 11.0 Å². The van der Waals surface area contributed by atoms with E-state index < -0.39 is 11.6 Å². The molecule has 7 nitrogen and oxygen atoms in total. The fourth-order valence-corrected chi connectivity index (χ4v) is 4.41. The zero-order valence-corrected chi connectivity index (χ0v) is 18.2. The molecule has 0 spiro atoms. The molecule has 1 aliphatic rings. The molecular formula is C24H24F2N6O. The van der Waals surface area contributed by atoms with Crippen molar-refractivity contribution in [3.05, 3.63) is 75.6 Å². The number of piperidine rings is 1. The molecular weight excluding hydrogens is 426 g/mol. The summed E-state index contributed by atoms with van der Waals surface area (Å²) in [4.78, 5) is 24.7. The minimum atomic E-state index is -0.651. The number of nitrogens with one attached hydrogen (secondary N) is 2. The number of nitrogens with zero attached hydrogens (tertiary/aromatic N) is 4. The molecule has 4 heterocycles. The first-order valence-electron chi connectivity index (χ1n) is 11.0. The number of aryl methyl sites for hydroxylation is 1. The predicted molar refractivity (Wildman–Crippen MR) is 121 cm³/mol. The van der Waals surface area contributed by atoms with E-state index in [1.54, 1.807) is 12.3 Å². The zero-order valence-electron chi connectivity index (χ0n) is 18.2. The van der Waals surface area contributed by atoms with Crippen molar-refractivity contribution in [3.8, 4) is 11.3 Å². The molecule has 0 atom stereocenters. The molecule has 1 saturated heterocycles. The maximum atomic E-state index is 13.5. The molecule has 3 aromatic heterocycles. The van der Waals surface area contributed by atoms with Gasteiger partial charge >= 0.3 is 0 Å². The lowest BCUT2D eigenvalue weighted by Gasteiger charge is -2.22. The number of aromatic amines is 1. The minimum Gasteiger partial charge on any atom is -0.317 e. The molecule has 33 heavy (non-hydrogen) atoms. The summed E-state index contributed by atoms with van der Waals surface area (Å²) in [6, 6.07) is 6.82. The van der Waals surface area contributed by atoms with E-state index in [9.17, 15) is 13.6 Å². The van der Waals surface area contributed by atoms with Gasteiger partial charge in [-0.1, -0.05) is 6.07 Å². The first-order valence-corrected chi connectivity index (χ1v) is 11.0. The van der Waals surface area contributed by atoms with Crippen molar-refractivity contribution in [1.82, 2.24) is 30.0 Å². The summed E-state index contributed by atoms with van der Waals surface area (Å²) in [5.74, 6) is -0.280. The van der Waals surface area contributed by atoms with E-state index in [1.165, 1.54) is 12.1 Å². The van der Waals surface area contributed by atoms with Crippen LogP contribution in [-0.4, -0.2) is 37.8 Å². The van der Waals surface area contributed by atoms with Gasteiger partial charge in [0.2, 0.25) is 0 Å². The fraction of sp³-hybridized carbons (Fsp3) is 0.333. The number of hydrogen-bond donors (Lipinski definition) is 2. The van der Waals surface area contributed by atoms with Crippen LogP contribution in [0.3, 0.4) is 0 Å². The summed E-state index contributed by atoms with van der Waals surface area (Å²) in [6.07, 6.45) is 4.14. The second kappa shape index (κ2) is 8.82. The predicted octanol–water partition coefficient (Wildman–Crippen LogP) is 3.36. The minimum absolute atomic E-state index is 0.205. The van der Waals surface area contributed by atoms with Crippen LogP contribution >= 0.6 is 0 Å². The molecule has 2 N–H and O–H groups in total. The Morgan fingerprint density at radius 1 is 1.12 bits per heavy atom. The van der Waals surface area contributed by atoms with E-state index in [2.05, 4.69) is 20.4 Å². The SMILES string of the molecule is Cc1nn(CC2CCNCC2)c2nc(Cc3ccc(-c4cc(F)cc(F)c4)nc3)[nH]c(=O)c12. The van der Waals surface area contributed by atoms with Gasteiger partial charge in [-0.3, -0.25) is 9.78 Å². The Labute approximate surface area is 188 Å². The van der Waals surface area contributed by atoms with Crippen LogP contribution in [0, 0.1) is 24.5 Å². The molecule has 0 unspecified atom stereocenters. The van der Waals surface area contributed by atoms with Crippen molar-refractivity contribution < 1.29 is 8.78 Å². The van der Waals surface area contributed by atoms with Gasteiger partial charge in [0.05, 0.1) is 11.4 Å². The van der Waals surface area contributed by atoms with E-state index in [4.69, 9.17) is 4.98 Å². The number of benzene rings is 1. The number of halogens is 2. The summed E-state index contributed by atoms with van der Waals surface area (Å²) in [7, 11) is 0. The number of fused-ring (bicyclic) bond motifs is 1. The van der Waals surface area contributed by atoms with Crippen LogP contribution in [0.2, 0.25) is 0 Å². The van der Waals surface area contributed by atoms with Crippen molar-refractivity contribution in [1.29, 1.82) is 0 Å². The highest BCUT2D eigenvalue weighted by molar-refractivity contribution is 5.77. The fourth-order valence-electron chi connectivity index (χ4n) is 4.41. The van der Waals surface area contributed by atoms with Gasteiger partial charge < -0.3 is 10.3 Å². The third kappa shape index (κ3) is 4.54. The second-order valence-electron chi connectivity index (χ2n) is 8.56. The van der Waals surface area contributed by atoms with Crippen molar-refractivity contribution in [2.75, 3.05) is 13.1 Å². The second-order valence-corrected chi connectivity index (χ2v) is 8.56. The average molecular weight is 450 g/mol. The van der Waals surface area contributed by atoms with Crippen LogP contribution in [0.1, 0.15) is 29.9 Å². The van der Waals surface area contributed by atoms with Gasteiger partial charge in [-0.2, -0.15) is 5.10 Å². The van der Waals surface area contributed by atoms with E-state index in [0.29, 0.717) is 46.1 Å². The monoisotopic (exact) mass is 450 g/mol. The molecule has 1 fully saturated rings. The Morgan fingerprint density at radius 3 is 2.58 bits per heavy atom. The molecule has 5 rings (SSSR count). The zero-order chi connectivity index (χ0) is 22.9. The molecule has 1 aliphatic heterocycles. The van der Waals surface area contributed by atoms with E-state index in [1.807, 2.05) is 17.7 Å². The standard InChI is InChI=1S/C24H24F2N6O/c1-14-22-23(32(31-14)13-15-4-6-27-7-5-15)29-21(30-24(22)33)8-16-2-3-20(28-12-16)17-9-18(25)11-19(26)10-17/h2-3,9-12,15,27H,4-8,13H2,1H3,(H,29,30,33). The van der Waals surface area contributed by atoms with Gasteiger partial charge in [-0.05, 0) is 62.5 Å². The van der Waals surface area contributed by atoms with Crippen LogP contribution in [0.15, 0.2) is 41.3 Å². The topological polar surface area (TPSA) is 88.5 Å². The quantitative estimate of drug-likeness (QED) is 0.487. The van der Waals surface area contributed by atoms with E-state index in [-0.39, 0.29) is 5.56 Å². The molecule has 0 saturated carbocycles. The molecule has 170 valence electrons. The highest BCUT2D eigenvalue weighted by Gasteiger charge is 2.19. The molecule has 0 bridgehead atoms.